The van der Waals surface area contributed by atoms with Gasteiger partial charge in [-0.05, 0) is 79.9 Å². The van der Waals surface area contributed by atoms with Crippen molar-refractivity contribution in [3.63, 3.8) is 0 Å². The summed E-state index contributed by atoms with van der Waals surface area (Å²) in [6.45, 7) is 2.05. The van der Waals surface area contributed by atoms with E-state index in [9.17, 15) is 19.2 Å². The second-order valence-electron chi connectivity index (χ2n) is 10.8. The first kappa shape index (κ1) is 30.3. The summed E-state index contributed by atoms with van der Waals surface area (Å²) in [4.78, 5) is 54.0. The molecule has 0 unspecified atom stereocenters. The van der Waals surface area contributed by atoms with Crippen LogP contribution in [0.1, 0.15) is 57.0 Å². The summed E-state index contributed by atoms with van der Waals surface area (Å²) in [5.41, 5.74) is 2.47. The molecule has 11 heteroatoms. The van der Waals surface area contributed by atoms with Gasteiger partial charge in [0.05, 0.1) is 35.1 Å². The zero-order chi connectivity index (χ0) is 31.7. The standard InChI is InChI=1S/C34H29ClN2O8/c1-19-14-22(9-11-27(19)37-33(41)23-10-8-21(35)17-25(23)34(37)42)36-32(40)29-15-20(16-30(45-29)43-13-5-4-12-38)26-18-44-28-7-3-2-6-24(28)31(26)39/h2-3,6-11,14-15,17-18,20,30,38H,4-5,12-13,16H2,1H3,(H,36,40)/t20-,30+/m0/s1. The minimum Gasteiger partial charge on any atom is -0.464 e. The second kappa shape index (κ2) is 12.7. The lowest BCUT2D eigenvalue weighted by Gasteiger charge is -2.29. The van der Waals surface area contributed by atoms with Crippen LogP contribution in [-0.4, -0.2) is 42.3 Å². The quantitative estimate of drug-likeness (QED) is 0.178. The molecule has 2 atom stereocenters. The van der Waals surface area contributed by atoms with Crippen LogP contribution in [-0.2, 0) is 14.3 Å². The number of anilines is 2. The topological polar surface area (TPSA) is 135 Å². The fraction of sp³-hybridized carbons (Fsp3) is 0.235. The van der Waals surface area contributed by atoms with E-state index in [0.29, 0.717) is 57.9 Å². The molecule has 3 amide bonds. The monoisotopic (exact) mass is 628 g/mol. The van der Waals surface area contributed by atoms with Crippen molar-refractivity contribution >= 4 is 51.7 Å². The number of nitrogens with one attached hydrogen (secondary N) is 1. The Kier molecular flexibility index (Phi) is 8.53. The number of imide groups is 1. The van der Waals surface area contributed by atoms with Gasteiger partial charge in [-0.25, -0.2) is 4.90 Å². The normalized spacial score (nSPS) is 17.7. The molecule has 0 bridgehead atoms. The maximum absolute atomic E-state index is 13.5. The van der Waals surface area contributed by atoms with Crippen LogP contribution in [0.3, 0.4) is 0 Å². The summed E-state index contributed by atoms with van der Waals surface area (Å²) in [6, 6.07) is 16.3. The molecule has 0 spiro atoms. The van der Waals surface area contributed by atoms with Gasteiger partial charge in [0, 0.05) is 35.2 Å². The molecule has 0 saturated carbocycles. The number of rotatable bonds is 9. The Morgan fingerprint density at radius 2 is 1.84 bits per heavy atom. The highest BCUT2D eigenvalue weighted by Crippen LogP contribution is 2.34. The van der Waals surface area contributed by atoms with Crippen molar-refractivity contribution in [2.75, 3.05) is 23.4 Å². The highest BCUT2D eigenvalue weighted by molar-refractivity contribution is 6.37. The van der Waals surface area contributed by atoms with Crippen LogP contribution in [0, 0.1) is 6.92 Å². The van der Waals surface area contributed by atoms with Crippen LogP contribution < -0.4 is 15.6 Å². The van der Waals surface area contributed by atoms with E-state index in [-0.39, 0.29) is 35.3 Å². The third kappa shape index (κ3) is 6.00. The molecule has 3 aromatic carbocycles. The van der Waals surface area contributed by atoms with Gasteiger partial charge >= 0.3 is 0 Å². The summed E-state index contributed by atoms with van der Waals surface area (Å²) in [6.07, 6.45) is 3.59. The molecule has 0 fully saturated rings. The third-order valence-corrected chi connectivity index (χ3v) is 8.02. The van der Waals surface area contributed by atoms with Crippen LogP contribution in [0.2, 0.25) is 5.02 Å². The Morgan fingerprint density at radius 3 is 2.64 bits per heavy atom. The Labute approximate surface area is 262 Å². The lowest BCUT2D eigenvalue weighted by molar-refractivity contribution is -0.143. The molecule has 10 nitrogen and oxygen atoms in total. The van der Waals surface area contributed by atoms with E-state index in [1.807, 2.05) is 0 Å². The molecule has 0 aliphatic carbocycles. The molecule has 45 heavy (non-hydrogen) atoms. The van der Waals surface area contributed by atoms with Gasteiger partial charge in [0.15, 0.2) is 11.2 Å². The van der Waals surface area contributed by atoms with Crippen LogP contribution in [0.4, 0.5) is 11.4 Å². The molecule has 4 aromatic rings. The maximum atomic E-state index is 13.5. The number of aliphatic hydroxyl groups excluding tert-OH is 1. The molecule has 2 aliphatic rings. The zero-order valence-corrected chi connectivity index (χ0v) is 25.0. The Balaban J connectivity index is 1.24. The molecule has 3 heterocycles. The first-order valence-corrected chi connectivity index (χ1v) is 14.8. The number of hydrogen-bond acceptors (Lipinski definition) is 8. The first-order valence-electron chi connectivity index (χ1n) is 14.5. The van der Waals surface area contributed by atoms with Crippen molar-refractivity contribution in [2.24, 2.45) is 0 Å². The SMILES string of the molecule is Cc1cc(NC(=O)C2=C[C@H](c3coc4ccccc4c3=O)C[C@H](OCCCCO)O2)ccc1N1C(=O)c2ccc(Cl)cc2C1=O. The van der Waals surface area contributed by atoms with Gasteiger partial charge < -0.3 is 24.3 Å². The van der Waals surface area contributed by atoms with Gasteiger partial charge in [-0.15, -0.1) is 0 Å². The minimum absolute atomic E-state index is 0.0305. The number of allylic oxidation sites excluding steroid dienone is 1. The fourth-order valence-corrected chi connectivity index (χ4v) is 5.69. The van der Waals surface area contributed by atoms with Gasteiger partial charge in [-0.1, -0.05) is 23.7 Å². The number of aryl methyl sites for hydroxylation is 1. The van der Waals surface area contributed by atoms with Gasteiger partial charge in [0.2, 0.25) is 6.29 Å². The maximum Gasteiger partial charge on any atom is 0.290 e. The summed E-state index contributed by atoms with van der Waals surface area (Å²) < 4.78 is 17.5. The van der Waals surface area contributed by atoms with E-state index < -0.39 is 29.9 Å². The van der Waals surface area contributed by atoms with Crippen molar-refractivity contribution in [1.29, 1.82) is 0 Å². The summed E-state index contributed by atoms with van der Waals surface area (Å²) >= 11 is 6.04. The number of amides is 3. The summed E-state index contributed by atoms with van der Waals surface area (Å²) in [7, 11) is 0. The van der Waals surface area contributed by atoms with E-state index in [2.05, 4.69) is 5.32 Å². The van der Waals surface area contributed by atoms with Crippen molar-refractivity contribution in [3.8, 4) is 0 Å². The number of halogens is 1. The van der Waals surface area contributed by atoms with Crippen LogP contribution in [0.25, 0.3) is 11.0 Å². The van der Waals surface area contributed by atoms with E-state index >= 15 is 0 Å². The fourth-order valence-electron chi connectivity index (χ4n) is 5.52. The average Bonchev–Trinajstić information content (AvgIpc) is 3.27. The summed E-state index contributed by atoms with van der Waals surface area (Å²) in [5.74, 6) is -2.08. The first-order chi connectivity index (χ1) is 21.7. The molecular weight excluding hydrogens is 600 g/mol. The Morgan fingerprint density at radius 1 is 1.04 bits per heavy atom. The number of unbranched alkanes of at least 4 members (excludes halogenated alkanes) is 1. The third-order valence-electron chi connectivity index (χ3n) is 7.79. The van der Waals surface area contributed by atoms with Crippen LogP contribution in [0.5, 0.6) is 0 Å². The molecule has 2 aliphatic heterocycles. The second-order valence-corrected chi connectivity index (χ2v) is 11.3. The van der Waals surface area contributed by atoms with E-state index in [1.165, 1.54) is 18.4 Å². The highest BCUT2D eigenvalue weighted by atomic mass is 35.5. The molecular formula is C34H29ClN2O8. The molecule has 6 rings (SSSR count). The van der Waals surface area contributed by atoms with Crippen molar-refractivity contribution < 1.29 is 33.4 Å². The van der Waals surface area contributed by atoms with Crippen LogP contribution in [0.15, 0.2) is 88.0 Å². The smallest absolute Gasteiger partial charge is 0.290 e. The molecule has 2 N–H and O–H groups in total. The number of aliphatic hydroxyl groups is 1. The number of carbonyl (C=O) groups excluding carboxylic acids is 3. The number of nitrogens with zero attached hydrogens (tertiary/aromatic N) is 1. The number of ether oxygens (including phenoxy) is 2. The van der Waals surface area contributed by atoms with Crippen molar-refractivity contribution in [2.45, 2.75) is 38.4 Å². The molecule has 0 radical (unpaired) electrons. The minimum atomic E-state index is -0.822. The Hall–Kier alpha value is -4.77. The highest BCUT2D eigenvalue weighted by Gasteiger charge is 2.37. The van der Waals surface area contributed by atoms with Gasteiger partial charge in [-0.3, -0.25) is 19.2 Å². The Bertz CT molecular complexity index is 1920. The number of hydrogen-bond donors (Lipinski definition) is 2. The molecule has 230 valence electrons. The number of carbonyl (C=O) groups is 3. The number of benzene rings is 3. The number of fused-ring (bicyclic) bond motifs is 2. The number of para-hydroxylation sites is 1. The van der Waals surface area contributed by atoms with E-state index in [4.69, 9.17) is 30.6 Å². The van der Waals surface area contributed by atoms with Crippen LogP contribution >= 0.6 is 11.6 Å². The average molecular weight is 629 g/mol. The predicted molar refractivity (Wildman–Crippen MR) is 167 cm³/mol. The van der Waals surface area contributed by atoms with E-state index in [0.717, 1.165) is 4.90 Å². The lowest BCUT2D eigenvalue weighted by atomic mass is 9.93. The molecule has 0 saturated heterocycles. The van der Waals surface area contributed by atoms with Gasteiger partial charge in [-0.2, -0.15) is 0 Å². The zero-order valence-electron chi connectivity index (χ0n) is 24.2. The predicted octanol–water partition coefficient (Wildman–Crippen LogP) is 5.70. The summed E-state index contributed by atoms with van der Waals surface area (Å²) in [5, 5.41) is 12.7. The van der Waals surface area contributed by atoms with Gasteiger partial charge in [0.1, 0.15) is 5.58 Å². The molecule has 1 aromatic heterocycles. The van der Waals surface area contributed by atoms with E-state index in [1.54, 1.807) is 61.5 Å². The van der Waals surface area contributed by atoms with Crippen molar-refractivity contribution in [1.82, 2.24) is 0 Å². The van der Waals surface area contributed by atoms with Crippen molar-refractivity contribution in [3.05, 3.63) is 116 Å². The largest absolute Gasteiger partial charge is 0.464 e. The van der Waals surface area contributed by atoms with Gasteiger partial charge in [0.25, 0.3) is 17.7 Å². The lowest BCUT2D eigenvalue weighted by Crippen LogP contribution is -2.31.